The minimum absolute atomic E-state index is 0.00852. The second-order valence-electron chi connectivity index (χ2n) is 7.12. The molecule has 0 saturated carbocycles. The summed E-state index contributed by atoms with van der Waals surface area (Å²) in [6, 6.07) is 10.5. The van der Waals surface area contributed by atoms with Gasteiger partial charge in [-0.25, -0.2) is 4.39 Å². The van der Waals surface area contributed by atoms with Gasteiger partial charge in [0.05, 0.1) is 11.7 Å². The molecule has 0 radical (unpaired) electrons. The first-order valence-corrected chi connectivity index (χ1v) is 9.28. The molecule has 26 heavy (non-hydrogen) atoms. The monoisotopic (exact) mass is 354 g/mol. The minimum atomic E-state index is -0.294. The maximum Gasteiger partial charge on any atom is 0.252 e. The van der Waals surface area contributed by atoms with Crippen molar-refractivity contribution in [2.45, 2.75) is 44.8 Å². The predicted molar refractivity (Wildman–Crippen MR) is 97.0 cm³/mol. The van der Waals surface area contributed by atoms with Gasteiger partial charge in [-0.3, -0.25) is 9.78 Å². The lowest BCUT2D eigenvalue weighted by molar-refractivity contribution is -0.142. The molecular weight excluding hydrogens is 331 g/mol. The van der Waals surface area contributed by atoms with Crippen LogP contribution in [0.3, 0.4) is 0 Å². The minimum Gasteiger partial charge on any atom is -0.368 e. The van der Waals surface area contributed by atoms with Crippen molar-refractivity contribution in [3.05, 3.63) is 53.6 Å². The van der Waals surface area contributed by atoms with E-state index in [2.05, 4.69) is 0 Å². The fraction of sp³-hybridized carbons (Fsp3) is 0.429. The molecule has 2 fully saturated rings. The van der Waals surface area contributed by atoms with Gasteiger partial charge in [0.1, 0.15) is 11.9 Å². The molecule has 0 bridgehead atoms. The molecular formula is C21H23FN2O2. The SMILES string of the molecule is Cc1cc(-c2ccc(F)cc2)cc([C@H]2CCCN2C(=O)[C@@H]2CCCO2)n1. The van der Waals surface area contributed by atoms with E-state index in [0.717, 1.165) is 54.7 Å². The maximum absolute atomic E-state index is 13.2. The van der Waals surface area contributed by atoms with Crippen LogP contribution >= 0.6 is 0 Å². The number of hydrogen-bond acceptors (Lipinski definition) is 3. The summed E-state index contributed by atoms with van der Waals surface area (Å²) in [6.45, 7) is 3.38. The highest BCUT2D eigenvalue weighted by Crippen LogP contribution is 2.34. The smallest absolute Gasteiger partial charge is 0.252 e. The fourth-order valence-corrected chi connectivity index (χ4v) is 3.97. The van der Waals surface area contributed by atoms with E-state index in [1.54, 1.807) is 12.1 Å². The topological polar surface area (TPSA) is 42.4 Å². The van der Waals surface area contributed by atoms with Gasteiger partial charge in [-0.2, -0.15) is 0 Å². The van der Waals surface area contributed by atoms with Crippen LogP contribution in [0, 0.1) is 12.7 Å². The Bertz CT molecular complexity index is 800. The predicted octanol–water partition coefficient (Wildman–Crippen LogP) is 4.04. The van der Waals surface area contributed by atoms with Crippen LogP contribution in [0.2, 0.25) is 0 Å². The largest absolute Gasteiger partial charge is 0.368 e. The number of likely N-dealkylation sites (tertiary alicyclic amines) is 1. The van der Waals surface area contributed by atoms with Crippen LogP contribution in [0.5, 0.6) is 0 Å². The molecule has 4 rings (SSSR count). The van der Waals surface area contributed by atoms with Crippen LogP contribution < -0.4 is 0 Å². The quantitative estimate of drug-likeness (QED) is 0.835. The molecule has 2 saturated heterocycles. The van der Waals surface area contributed by atoms with Gasteiger partial charge in [-0.05, 0) is 68.0 Å². The van der Waals surface area contributed by atoms with Crippen LogP contribution in [-0.2, 0) is 9.53 Å². The molecule has 2 atom stereocenters. The number of halogens is 1. The number of rotatable bonds is 3. The number of hydrogen-bond donors (Lipinski definition) is 0. The summed E-state index contributed by atoms with van der Waals surface area (Å²) < 4.78 is 18.8. The van der Waals surface area contributed by atoms with Gasteiger partial charge in [-0.1, -0.05) is 12.1 Å². The second kappa shape index (κ2) is 7.16. The number of pyridine rings is 1. The van der Waals surface area contributed by atoms with Gasteiger partial charge in [0.2, 0.25) is 0 Å². The number of benzene rings is 1. The highest BCUT2D eigenvalue weighted by atomic mass is 19.1. The highest BCUT2D eigenvalue weighted by Gasteiger charge is 2.36. The third-order valence-electron chi connectivity index (χ3n) is 5.23. The molecule has 1 amide bonds. The lowest BCUT2D eigenvalue weighted by atomic mass is 10.0. The van der Waals surface area contributed by atoms with Crippen molar-refractivity contribution in [2.24, 2.45) is 0 Å². The summed E-state index contributed by atoms with van der Waals surface area (Å²) in [7, 11) is 0. The number of amides is 1. The normalized spacial score (nSPS) is 22.8. The van der Waals surface area contributed by atoms with Crippen LogP contribution in [0.15, 0.2) is 36.4 Å². The van der Waals surface area contributed by atoms with Crippen molar-refractivity contribution in [1.29, 1.82) is 0 Å². The summed E-state index contributed by atoms with van der Waals surface area (Å²) in [4.78, 5) is 19.5. The first-order chi connectivity index (χ1) is 12.6. The van der Waals surface area contributed by atoms with Crippen molar-refractivity contribution < 1.29 is 13.9 Å². The molecule has 4 nitrogen and oxygen atoms in total. The standard InChI is InChI=1S/C21H23FN2O2/c1-14-12-16(15-6-8-17(22)9-7-15)13-18(23-14)19-4-2-10-24(19)21(25)20-5-3-11-26-20/h6-9,12-13,19-20H,2-5,10-11H2,1H3/t19-,20+/m1/s1. The molecule has 1 aromatic heterocycles. The van der Waals surface area contributed by atoms with E-state index in [4.69, 9.17) is 9.72 Å². The molecule has 2 aromatic rings. The van der Waals surface area contributed by atoms with E-state index in [0.29, 0.717) is 6.61 Å². The molecule has 0 spiro atoms. The average molecular weight is 354 g/mol. The Hall–Kier alpha value is -2.27. The van der Waals surface area contributed by atoms with E-state index in [-0.39, 0.29) is 23.9 Å². The maximum atomic E-state index is 13.2. The summed E-state index contributed by atoms with van der Waals surface area (Å²) in [6.07, 6.45) is 3.36. The van der Waals surface area contributed by atoms with E-state index in [9.17, 15) is 9.18 Å². The van der Waals surface area contributed by atoms with Crippen molar-refractivity contribution in [3.8, 4) is 11.1 Å². The van der Waals surface area contributed by atoms with Gasteiger partial charge < -0.3 is 9.64 Å². The fourth-order valence-electron chi connectivity index (χ4n) is 3.97. The van der Waals surface area contributed by atoms with Gasteiger partial charge in [-0.15, -0.1) is 0 Å². The molecule has 0 N–H and O–H groups in total. The summed E-state index contributed by atoms with van der Waals surface area (Å²) >= 11 is 0. The van der Waals surface area contributed by atoms with Gasteiger partial charge in [0, 0.05) is 18.8 Å². The van der Waals surface area contributed by atoms with Crippen molar-refractivity contribution >= 4 is 5.91 Å². The van der Waals surface area contributed by atoms with E-state index < -0.39 is 0 Å². The number of ether oxygens (including phenoxy) is 1. The molecule has 0 unspecified atom stereocenters. The molecule has 3 heterocycles. The average Bonchev–Trinajstić information content (AvgIpc) is 3.33. The highest BCUT2D eigenvalue weighted by molar-refractivity contribution is 5.82. The zero-order chi connectivity index (χ0) is 18.1. The number of aryl methyl sites for hydroxylation is 1. The van der Waals surface area contributed by atoms with Crippen LogP contribution in [0.1, 0.15) is 43.1 Å². The molecule has 5 heteroatoms. The number of aromatic nitrogens is 1. The zero-order valence-electron chi connectivity index (χ0n) is 15.0. The second-order valence-corrected chi connectivity index (χ2v) is 7.12. The van der Waals surface area contributed by atoms with Crippen LogP contribution in [0.25, 0.3) is 11.1 Å². The Morgan fingerprint density at radius 1 is 1.15 bits per heavy atom. The third-order valence-corrected chi connectivity index (χ3v) is 5.23. The Morgan fingerprint density at radius 3 is 2.69 bits per heavy atom. The van der Waals surface area contributed by atoms with Crippen molar-refractivity contribution in [3.63, 3.8) is 0 Å². The van der Waals surface area contributed by atoms with Gasteiger partial charge >= 0.3 is 0 Å². The molecule has 2 aliphatic heterocycles. The first-order valence-electron chi connectivity index (χ1n) is 9.28. The summed E-state index contributed by atoms with van der Waals surface area (Å²) in [5, 5.41) is 0. The number of carbonyl (C=O) groups is 1. The Morgan fingerprint density at radius 2 is 1.96 bits per heavy atom. The number of nitrogens with zero attached hydrogens (tertiary/aromatic N) is 2. The van der Waals surface area contributed by atoms with E-state index in [1.165, 1.54) is 12.1 Å². The lowest BCUT2D eigenvalue weighted by Crippen LogP contribution is -2.38. The van der Waals surface area contributed by atoms with E-state index >= 15 is 0 Å². The Labute approximate surface area is 153 Å². The molecule has 2 aliphatic rings. The van der Waals surface area contributed by atoms with Crippen molar-refractivity contribution in [1.82, 2.24) is 9.88 Å². The lowest BCUT2D eigenvalue weighted by Gasteiger charge is -2.27. The zero-order valence-corrected chi connectivity index (χ0v) is 15.0. The molecule has 0 aliphatic carbocycles. The van der Waals surface area contributed by atoms with Gasteiger partial charge in [0.15, 0.2) is 0 Å². The number of carbonyl (C=O) groups excluding carboxylic acids is 1. The third kappa shape index (κ3) is 3.36. The molecule has 1 aromatic carbocycles. The van der Waals surface area contributed by atoms with Crippen molar-refractivity contribution in [2.75, 3.05) is 13.2 Å². The Kier molecular flexibility index (Phi) is 4.72. The summed E-state index contributed by atoms with van der Waals surface area (Å²) in [5.74, 6) is -0.152. The summed E-state index contributed by atoms with van der Waals surface area (Å²) in [5.41, 5.74) is 3.77. The first kappa shape index (κ1) is 17.2. The van der Waals surface area contributed by atoms with Crippen LogP contribution in [-0.4, -0.2) is 35.0 Å². The Balaban J connectivity index is 1.63. The molecule has 136 valence electrons. The van der Waals surface area contributed by atoms with Gasteiger partial charge in [0.25, 0.3) is 5.91 Å². The van der Waals surface area contributed by atoms with Crippen LogP contribution in [0.4, 0.5) is 4.39 Å². The van der Waals surface area contributed by atoms with E-state index in [1.807, 2.05) is 24.0 Å².